The van der Waals surface area contributed by atoms with Gasteiger partial charge in [-0.25, -0.2) is 0 Å². The molecule has 1 fully saturated rings. The van der Waals surface area contributed by atoms with Gasteiger partial charge in [-0.15, -0.1) is 0 Å². The third-order valence-electron chi connectivity index (χ3n) is 2.74. The lowest BCUT2D eigenvalue weighted by atomic mass is 9.86. The van der Waals surface area contributed by atoms with Crippen molar-refractivity contribution in [3.05, 3.63) is 0 Å². The van der Waals surface area contributed by atoms with Gasteiger partial charge in [-0.2, -0.15) is 0 Å². The minimum Gasteiger partial charge on any atom is -0.333 e. The van der Waals surface area contributed by atoms with Crippen molar-refractivity contribution in [2.24, 2.45) is 0 Å². The number of hydrogen-bond donors (Lipinski definition) is 0. The Hall–Kier alpha value is -0.140. The van der Waals surface area contributed by atoms with E-state index in [1.165, 1.54) is 0 Å². The van der Waals surface area contributed by atoms with Crippen LogP contribution in [0.3, 0.4) is 0 Å². The normalized spacial score (nSPS) is 27.9. The summed E-state index contributed by atoms with van der Waals surface area (Å²) in [6.45, 7) is 9.69. The molecule has 12 heavy (non-hydrogen) atoms. The number of rotatable bonds is 0. The van der Waals surface area contributed by atoms with Gasteiger partial charge in [-0.05, 0) is 27.7 Å². The highest BCUT2D eigenvalue weighted by atomic mass is 31.1. The van der Waals surface area contributed by atoms with Crippen molar-refractivity contribution < 1.29 is 9.32 Å². The van der Waals surface area contributed by atoms with Gasteiger partial charge in [-0.3, -0.25) is 9.46 Å². The average molecular weight is 189 g/mol. The number of carbonyl (C=O) groups is 1. The first-order valence-corrected chi connectivity index (χ1v) is 4.89. The summed E-state index contributed by atoms with van der Waals surface area (Å²) < 4.78 is 7.35. The summed E-state index contributed by atoms with van der Waals surface area (Å²) in [4.78, 5) is 11.2. The van der Waals surface area contributed by atoms with E-state index in [0.717, 1.165) is 0 Å². The van der Waals surface area contributed by atoms with Crippen molar-refractivity contribution in [2.75, 3.05) is 0 Å². The number of nitrogens with zero attached hydrogens (tertiary/aromatic N) is 1. The lowest BCUT2D eigenvalue weighted by Crippen LogP contribution is -2.51. The van der Waals surface area contributed by atoms with Crippen LogP contribution in [-0.4, -0.2) is 21.7 Å². The van der Waals surface area contributed by atoms with Crippen LogP contribution >= 0.6 is 8.96 Å². The van der Waals surface area contributed by atoms with Gasteiger partial charge in [0.05, 0.1) is 11.1 Å². The second kappa shape index (κ2) is 2.68. The number of hydrogen-bond acceptors (Lipinski definition) is 2. The summed E-state index contributed by atoms with van der Waals surface area (Å²) in [5.41, 5.74) is -0.436. The Morgan fingerprint density at radius 1 is 1.33 bits per heavy atom. The van der Waals surface area contributed by atoms with Crippen molar-refractivity contribution in [1.29, 1.82) is 0 Å². The second-order valence-electron chi connectivity index (χ2n) is 4.12. The Labute approximate surface area is 75.4 Å². The highest BCUT2D eigenvalue weighted by Crippen LogP contribution is 2.49. The zero-order chi connectivity index (χ0) is 9.57. The molecule has 1 atom stereocenters. The Bertz CT molecular complexity index is 213. The highest BCUT2D eigenvalue weighted by Gasteiger charge is 2.50. The lowest BCUT2D eigenvalue weighted by molar-refractivity contribution is -0.128. The van der Waals surface area contributed by atoms with Crippen LogP contribution in [0.25, 0.3) is 0 Å². The molecule has 1 heterocycles. The first-order valence-electron chi connectivity index (χ1n) is 4.03. The summed E-state index contributed by atoms with van der Waals surface area (Å²) in [6, 6.07) is 0. The van der Waals surface area contributed by atoms with Crippen LogP contribution in [0.5, 0.6) is 0 Å². The fraction of sp³-hybridized carbons (Fsp3) is 0.875. The van der Waals surface area contributed by atoms with Crippen LogP contribution < -0.4 is 0 Å². The molecule has 0 aliphatic carbocycles. The molecule has 0 N–H and O–H groups in total. The molecule has 1 aliphatic heterocycles. The summed E-state index contributed by atoms with van der Waals surface area (Å²) in [7, 11) is 0.167. The van der Waals surface area contributed by atoms with Crippen LogP contribution in [-0.2, 0) is 9.32 Å². The molecule has 0 aromatic heterocycles. The van der Waals surface area contributed by atoms with Gasteiger partial charge in [0, 0.05) is 6.92 Å². The molecular formula is C8H16NO2P. The van der Waals surface area contributed by atoms with Crippen LogP contribution in [0.2, 0.25) is 0 Å². The molecule has 4 heteroatoms. The standard InChI is InChI=1S/C8H16NO2P/c1-6(10)9-7(2,3)8(4,5)11-12-9/h12H,1-5H3. The molecule has 0 bridgehead atoms. The van der Waals surface area contributed by atoms with Crippen LogP contribution in [0, 0.1) is 0 Å². The van der Waals surface area contributed by atoms with Gasteiger partial charge in [0.2, 0.25) is 5.91 Å². The van der Waals surface area contributed by atoms with Crippen molar-refractivity contribution in [3.63, 3.8) is 0 Å². The number of amides is 1. The monoisotopic (exact) mass is 189 g/mol. The fourth-order valence-electron chi connectivity index (χ4n) is 1.13. The van der Waals surface area contributed by atoms with Crippen molar-refractivity contribution in [2.45, 2.75) is 45.8 Å². The van der Waals surface area contributed by atoms with Crippen LogP contribution in [0.1, 0.15) is 34.6 Å². The van der Waals surface area contributed by atoms with E-state index in [1.807, 2.05) is 27.7 Å². The Balaban J connectivity index is 2.93. The Morgan fingerprint density at radius 3 is 2.00 bits per heavy atom. The topological polar surface area (TPSA) is 29.5 Å². The minimum absolute atomic E-state index is 0.0870. The predicted octanol–water partition coefficient (Wildman–Crippen LogP) is 1.93. The molecule has 0 radical (unpaired) electrons. The first-order chi connectivity index (χ1) is 5.29. The van der Waals surface area contributed by atoms with E-state index in [4.69, 9.17) is 4.52 Å². The van der Waals surface area contributed by atoms with Gasteiger partial charge >= 0.3 is 0 Å². The van der Waals surface area contributed by atoms with E-state index in [1.54, 1.807) is 11.6 Å². The average Bonchev–Trinajstić information content (AvgIpc) is 2.03. The van der Waals surface area contributed by atoms with Gasteiger partial charge < -0.3 is 4.52 Å². The van der Waals surface area contributed by atoms with Crippen molar-refractivity contribution in [1.82, 2.24) is 4.67 Å². The fourth-order valence-corrected chi connectivity index (χ4v) is 2.32. The third-order valence-corrected chi connectivity index (χ3v) is 4.40. The summed E-state index contributed by atoms with van der Waals surface area (Å²) in [6.07, 6.45) is 0. The molecular weight excluding hydrogens is 173 g/mol. The van der Waals surface area contributed by atoms with Gasteiger partial charge in [0.25, 0.3) is 0 Å². The van der Waals surface area contributed by atoms with E-state index in [0.29, 0.717) is 0 Å². The molecule has 70 valence electrons. The maximum Gasteiger partial charge on any atom is 0.224 e. The smallest absolute Gasteiger partial charge is 0.224 e. The first kappa shape index (κ1) is 9.94. The largest absolute Gasteiger partial charge is 0.333 e. The van der Waals surface area contributed by atoms with Crippen LogP contribution in [0.4, 0.5) is 0 Å². The van der Waals surface area contributed by atoms with E-state index in [-0.39, 0.29) is 26.0 Å². The lowest BCUT2D eigenvalue weighted by Gasteiger charge is -2.37. The molecule has 1 saturated heterocycles. The van der Waals surface area contributed by atoms with E-state index in [9.17, 15) is 4.79 Å². The Morgan fingerprint density at radius 2 is 1.83 bits per heavy atom. The van der Waals surface area contributed by atoms with Crippen molar-refractivity contribution >= 4 is 14.9 Å². The van der Waals surface area contributed by atoms with Gasteiger partial charge in [-0.1, -0.05) is 0 Å². The molecule has 0 spiro atoms. The third kappa shape index (κ3) is 1.25. The maximum atomic E-state index is 11.2. The minimum atomic E-state index is -0.239. The van der Waals surface area contributed by atoms with Gasteiger partial charge in [0.1, 0.15) is 8.96 Å². The van der Waals surface area contributed by atoms with E-state index < -0.39 is 0 Å². The highest BCUT2D eigenvalue weighted by molar-refractivity contribution is 7.31. The maximum absolute atomic E-state index is 11.2. The molecule has 0 aromatic rings. The molecule has 1 unspecified atom stereocenters. The quantitative estimate of drug-likeness (QED) is 0.545. The van der Waals surface area contributed by atoms with E-state index in [2.05, 4.69) is 0 Å². The molecule has 1 amide bonds. The molecule has 0 saturated carbocycles. The zero-order valence-electron chi connectivity index (χ0n) is 8.26. The number of carbonyl (C=O) groups excluding carboxylic acids is 1. The summed E-state index contributed by atoms with van der Waals surface area (Å²) >= 11 is 0. The van der Waals surface area contributed by atoms with Gasteiger partial charge in [0.15, 0.2) is 0 Å². The van der Waals surface area contributed by atoms with E-state index >= 15 is 0 Å². The Kier molecular flexibility index (Phi) is 2.22. The summed E-state index contributed by atoms with van der Waals surface area (Å²) in [5, 5.41) is 0. The molecule has 3 nitrogen and oxygen atoms in total. The molecule has 1 rings (SSSR count). The molecule has 1 aliphatic rings. The van der Waals surface area contributed by atoms with Crippen LogP contribution in [0.15, 0.2) is 0 Å². The zero-order valence-corrected chi connectivity index (χ0v) is 9.26. The SMILES string of the molecule is CC(=O)N1POC(C)(C)C1(C)C. The predicted molar refractivity (Wildman–Crippen MR) is 50.1 cm³/mol. The summed E-state index contributed by atoms with van der Waals surface area (Å²) in [5.74, 6) is 0.0870. The molecule has 0 aromatic carbocycles. The second-order valence-corrected chi connectivity index (χ2v) is 4.95. The van der Waals surface area contributed by atoms with Crippen molar-refractivity contribution in [3.8, 4) is 0 Å².